The lowest BCUT2D eigenvalue weighted by Crippen LogP contribution is -2.37. The summed E-state index contributed by atoms with van der Waals surface area (Å²) in [6.07, 6.45) is 2.25. The molecule has 5 rings (SSSR count). The number of carbonyl (C=O) groups is 2. The van der Waals surface area contributed by atoms with Gasteiger partial charge in [-0.15, -0.1) is 0 Å². The van der Waals surface area contributed by atoms with E-state index in [2.05, 4.69) is 9.88 Å². The van der Waals surface area contributed by atoms with Crippen LogP contribution in [0.4, 0.5) is 4.39 Å². The molecule has 0 atom stereocenters. The Morgan fingerprint density at radius 1 is 0.930 bits per heavy atom. The molecule has 0 N–H and O–H groups in total. The van der Waals surface area contributed by atoms with Crippen LogP contribution in [0, 0.1) is 5.82 Å². The highest BCUT2D eigenvalue weighted by atomic mass is 19.1. The number of carbonyl (C=O) groups excluding carboxylic acids is 2. The Morgan fingerprint density at radius 3 is 2.49 bits per heavy atom. The number of nitrogens with zero attached hydrogens (tertiary/aromatic N) is 2. The SMILES string of the molecule is COc1cc2c(Oc3ccc(CC(=O)CC(=O)Cc4ccccc4)c(F)c3)ccnc2cc1OCCCN1CCOCC1. The van der Waals surface area contributed by atoms with Gasteiger partial charge in [0.15, 0.2) is 11.5 Å². The minimum atomic E-state index is -0.579. The number of morpholine rings is 1. The van der Waals surface area contributed by atoms with Gasteiger partial charge in [-0.1, -0.05) is 36.4 Å². The number of aromatic nitrogens is 1. The summed E-state index contributed by atoms with van der Waals surface area (Å²) in [5.41, 5.74) is 1.70. The molecule has 224 valence electrons. The summed E-state index contributed by atoms with van der Waals surface area (Å²) < 4.78 is 38.0. The zero-order valence-corrected chi connectivity index (χ0v) is 24.2. The third kappa shape index (κ3) is 8.37. The summed E-state index contributed by atoms with van der Waals surface area (Å²) in [5, 5.41) is 0.677. The first-order chi connectivity index (χ1) is 21.0. The smallest absolute Gasteiger partial charge is 0.163 e. The fourth-order valence-electron chi connectivity index (χ4n) is 5.03. The largest absolute Gasteiger partial charge is 0.493 e. The second kappa shape index (κ2) is 14.7. The molecule has 0 spiro atoms. The molecule has 1 aromatic heterocycles. The maximum Gasteiger partial charge on any atom is 0.163 e. The van der Waals surface area contributed by atoms with Gasteiger partial charge in [-0.3, -0.25) is 19.5 Å². The molecule has 0 aliphatic carbocycles. The lowest BCUT2D eigenvalue weighted by atomic mass is 10.0. The molecule has 0 radical (unpaired) electrons. The Morgan fingerprint density at radius 2 is 1.72 bits per heavy atom. The van der Waals surface area contributed by atoms with E-state index in [1.807, 2.05) is 36.4 Å². The number of fused-ring (bicyclic) bond motifs is 1. The normalized spacial score (nSPS) is 13.5. The van der Waals surface area contributed by atoms with Crippen molar-refractivity contribution in [3.05, 3.63) is 89.9 Å². The van der Waals surface area contributed by atoms with E-state index in [0.29, 0.717) is 34.8 Å². The van der Waals surface area contributed by atoms with Crippen LogP contribution in [0.3, 0.4) is 0 Å². The Kier molecular flexibility index (Phi) is 10.3. The van der Waals surface area contributed by atoms with Gasteiger partial charge in [-0.25, -0.2) is 4.39 Å². The fraction of sp³-hybridized carbons (Fsp3) is 0.324. The van der Waals surface area contributed by atoms with E-state index in [-0.39, 0.29) is 42.1 Å². The van der Waals surface area contributed by atoms with Crippen molar-refractivity contribution >= 4 is 22.5 Å². The molecule has 0 bridgehead atoms. The number of methoxy groups -OCH3 is 1. The van der Waals surface area contributed by atoms with Gasteiger partial charge in [0.05, 0.1) is 38.9 Å². The minimum absolute atomic E-state index is 0.169. The number of hydrogen-bond donors (Lipinski definition) is 0. The number of ketones is 2. The van der Waals surface area contributed by atoms with Gasteiger partial charge in [-0.05, 0) is 35.7 Å². The maximum absolute atomic E-state index is 15.0. The summed E-state index contributed by atoms with van der Waals surface area (Å²) in [5.74, 6) is 0.756. The van der Waals surface area contributed by atoms with E-state index in [0.717, 1.165) is 44.8 Å². The van der Waals surface area contributed by atoms with Gasteiger partial charge in [0, 0.05) is 56.2 Å². The topological polar surface area (TPSA) is 87.2 Å². The Labute approximate surface area is 250 Å². The van der Waals surface area contributed by atoms with Crippen molar-refractivity contribution in [3.8, 4) is 23.0 Å². The first kappa shape index (κ1) is 30.1. The van der Waals surface area contributed by atoms with Gasteiger partial charge < -0.3 is 18.9 Å². The number of pyridine rings is 1. The second-order valence-electron chi connectivity index (χ2n) is 10.4. The van der Waals surface area contributed by atoms with E-state index in [1.165, 1.54) is 12.1 Å². The minimum Gasteiger partial charge on any atom is -0.493 e. The average Bonchev–Trinajstić information content (AvgIpc) is 3.01. The highest BCUT2D eigenvalue weighted by Crippen LogP contribution is 2.37. The fourth-order valence-corrected chi connectivity index (χ4v) is 5.03. The van der Waals surface area contributed by atoms with Gasteiger partial charge in [-0.2, -0.15) is 0 Å². The molecule has 9 heteroatoms. The monoisotopic (exact) mass is 586 g/mol. The van der Waals surface area contributed by atoms with Crippen LogP contribution in [0.1, 0.15) is 24.0 Å². The van der Waals surface area contributed by atoms with Gasteiger partial charge in [0.1, 0.15) is 28.9 Å². The molecule has 8 nitrogen and oxygen atoms in total. The van der Waals surface area contributed by atoms with E-state index in [4.69, 9.17) is 18.9 Å². The van der Waals surface area contributed by atoms with Crippen molar-refractivity contribution < 1.29 is 32.9 Å². The Hall–Kier alpha value is -4.34. The lowest BCUT2D eigenvalue weighted by molar-refractivity contribution is -0.126. The molecule has 43 heavy (non-hydrogen) atoms. The number of ether oxygens (including phenoxy) is 4. The molecular formula is C34H35FN2O6. The van der Waals surface area contributed by atoms with E-state index < -0.39 is 5.82 Å². The molecule has 0 saturated carbocycles. The zero-order chi connectivity index (χ0) is 30.0. The zero-order valence-electron chi connectivity index (χ0n) is 24.2. The van der Waals surface area contributed by atoms with Crippen molar-refractivity contribution in [1.29, 1.82) is 0 Å². The highest BCUT2D eigenvalue weighted by Gasteiger charge is 2.16. The van der Waals surface area contributed by atoms with Crippen molar-refractivity contribution in [2.45, 2.75) is 25.7 Å². The standard InChI is InChI=1S/C34H35FN2O6/c1-40-33-22-29-31(23-34(33)42-15-5-12-37-13-16-41-17-14-37)36-11-10-32(29)43-28-9-8-25(30(35)21-28)19-27(39)20-26(38)18-24-6-3-2-4-7-24/h2-4,6-11,21-23H,5,12-20H2,1H3. The molecule has 1 aliphatic rings. The summed E-state index contributed by atoms with van der Waals surface area (Å²) in [4.78, 5) is 31.6. The van der Waals surface area contributed by atoms with Gasteiger partial charge in [0.2, 0.25) is 0 Å². The highest BCUT2D eigenvalue weighted by molar-refractivity contribution is 6.00. The Balaban J connectivity index is 1.20. The molecule has 4 aromatic rings. The van der Waals surface area contributed by atoms with Gasteiger partial charge >= 0.3 is 0 Å². The maximum atomic E-state index is 15.0. The summed E-state index contributed by atoms with van der Waals surface area (Å²) in [7, 11) is 1.57. The molecule has 2 heterocycles. The number of rotatable bonds is 14. The van der Waals surface area contributed by atoms with Gasteiger partial charge in [0.25, 0.3) is 0 Å². The third-order valence-electron chi connectivity index (χ3n) is 7.25. The van der Waals surface area contributed by atoms with Crippen LogP contribution in [0.5, 0.6) is 23.0 Å². The number of hydrogen-bond acceptors (Lipinski definition) is 8. The molecule has 0 amide bonds. The van der Waals surface area contributed by atoms with Crippen molar-refractivity contribution in [2.75, 3.05) is 46.6 Å². The summed E-state index contributed by atoms with van der Waals surface area (Å²) in [6.45, 7) is 4.88. The van der Waals surface area contributed by atoms with E-state index in [1.54, 1.807) is 31.5 Å². The molecule has 1 fully saturated rings. The molecule has 1 saturated heterocycles. The molecule has 0 unspecified atom stereocenters. The Bertz CT molecular complexity index is 1560. The number of halogens is 1. The number of Topliss-reactive ketones (excluding diaryl/α,β-unsaturated/α-hetero) is 2. The summed E-state index contributed by atoms with van der Waals surface area (Å²) in [6, 6.07) is 18.9. The number of benzene rings is 3. The quantitative estimate of drug-likeness (QED) is 0.140. The third-order valence-corrected chi connectivity index (χ3v) is 7.25. The predicted molar refractivity (Wildman–Crippen MR) is 161 cm³/mol. The van der Waals surface area contributed by atoms with Crippen molar-refractivity contribution in [1.82, 2.24) is 9.88 Å². The van der Waals surface area contributed by atoms with Crippen molar-refractivity contribution in [3.63, 3.8) is 0 Å². The predicted octanol–water partition coefficient (Wildman–Crippen LogP) is 5.59. The van der Waals surface area contributed by atoms with Crippen LogP contribution < -0.4 is 14.2 Å². The second-order valence-corrected chi connectivity index (χ2v) is 10.4. The van der Waals surface area contributed by atoms with Crippen molar-refractivity contribution in [2.24, 2.45) is 0 Å². The van der Waals surface area contributed by atoms with Crippen LogP contribution in [0.15, 0.2) is 72.9 Å². The molecule has 3 aromatic carbocycles. The van der Waals surface area contributed by atoms with Crippen LogP contribution in [0.25, 0.3) is 10.9 Å². The van der Waals surface area contributed by atoms with Crippen LogP contribution in [-0.4, -0.2) is 68.0 Å². The van der Waals surface area contributed by atoms with Crippen LogP contribution in [-0.2, 0) is 27.2 Å². The summed E-state index contributed by atoms with van der Waals surface area (Å²) >= 11 is 0. The first-order valence-electron chi connectivity index (χ1n) is 14.4. The lowest BCUT2D eigenvalue weighted by Gasteiger charge is -2.26. The van der Waals surface area contributed by atoms with Crippen LogP contribution >= 0.6 is 0 Å². The molecule has 1 aliphatic heterocycles. The molecular weight excluding hydrogens is 551 g/mol. The van der Waals surface area contributed by atoms with Crippen LogP contribution in [0.2, 0.25) is 0 Å². The average molecular weight is 587 g/mol. The van der Waals surface area contributed by atoms with E-state index in [9.17, 15) is 14.0 Å². The first-order valence-corrected chi connectivity index (χ1v) is 14.4. The van der Waals surface area contributed by atoms with E-state index >= 15 is 0 Å².